The summed E-state index contributed by atoms with van der Waals surface area (Å²) in [6, 6.07) is 19.2. The molecule has 33 heavy (non-hydrogen) atoms. The molecule has 0 radical (unpaired) electrons. The highest BCUT2D eigenvalue weighted by atomic mass is 32.2. The molecule has 2 aromatic carbocycles. The second-order valence-electron chi connectivity index (χ2n) is 8.89. The molecule has 2 unspecified atom stereocenters. The largest absolute Gasteiger partial charge is 0.344 e. The van der Waals surface area contributed by atoms with Crippen molar-refractivity contribution in [3.63, 3.8) is 0 Å². The Labute approximate surface area is 202 Å². The summed E-state index contributed by atoms with van der Waals surface area (Å²) in [5.74, 6) is 0.0599. The Kier molecular flexibility index (Phi) is 11.2. The van der Waals surface area contributed by atoms with Crippen LogP contribution in [-0.2, 0) is 27.3 Å². The molecule has 2 rings (SSSR count). The normalized spacial score (nSPS) is 12.8. The summed E-state index contributed by atoms with van der Waals surface area (Å²) in [5, 5.41) is 3.01. The molecule has 1 N–H and O–H groups in total. The number of carbonyl (C=O) groups is 3. The number of hydrogen-bond donors (Lipinski definition) is 1. The van der Waals surface area contributed by atoms with Gasteiger partial charge in [0, 0.05) is 32.2 Å². The highest BCUT2D eigenvalue weighted by Gasteiger charge is 2.28. The van der Waals surface area contributed by atoms with E-state index in [9.17, 15) is 14.4 Å². The van der Waals surface area contributed by atoms with E-state index in [1.807, 2.05) is 74.5 Å². The van der Waals surface area contributed by atoms with Gasteiger partial charge < -0.3 is 10.2 Å². The molecule has 0 saturated carbocycles. The fourth-order valence-electron chi connectivity index (χ4n) is 3.68. The van der Waals surface area contributed by atoms with Crippen LogP contribution in [0.5, 0.6) is 0 Å². The zero-order chi connectivity index (χ0) is 24.2. The van der Waals surface area contributed by atoms with Gasteiger partial charge in [-0.1, -0.05) is 86.3 Å². The maximum absolute atomic E-state index is 13.2. The molecule has 2 aromatic rings. The average molecular weight is 469 g/mol. The van der Waals surface area contributed by atoms with Crippen molar-refractivity contribution < 1.29 is 14.4 Å². The Morgan fingerprint density at radius 2 is 1.52 bits per heavy atom. The SMILES string of the molecule is CC(=O)SCC(CCc1ccccc1)C(=O)NC(CC(C)C)C(=O)N(C)Cc1ccccc1. The van der Waals surface area contributed by atoms with Gasteiger partial charge in [0.15, 0.2) is 5.12 Å². The number of aryl methyl sites for hydroxylation is 1. The van der Waals surface area contributed by atoms with E-state index >= 15 is 0 Å². The Balaban J connectivity index is 2.08. The lowest BCUT2D eigenvalue weighted by Gasteiger charge is -2.27. The number of nitrogens with zero attached hydrogens (tertiary/aromatic N) is 1. The van der Waals surface area contributed by atoms with Gasteiger partial charge in [0.25, 0.3) is 0 Å². The smallest absolute Gasteiger partial charge is 0.245 e. The Morgan fingerprint density at radius 1 is 0.939 bits per heavy atom. The quantitative estimate of drug-likeness (QED) is 0.490. The van der Waals surface area contributed by atoms with Gasteiger partial charge >= 0.3 is 0 Å². The Morgan fingerprint density at radius 3 is 2.06 bits per heavy atom. The van der Waals surface area contributed by atoms with Crippen LogP contribution in [0.1, 0.15) is 44.7 Å². The van der Waals surface area contributed by atoms with Gasteiger partial charge in [0.05, 0.1) is 0 Å². The van der Waals surface area contributed by atoms with E-state index in [1.54, 1.807) is 11.9 Å². The lowest BCUT2D eigenvalue weighted by atomic mass is 9.98. The summed E-state index contributed by atoms with van der Waals surface area (Å²) in [7, 11) is 1.77. The van der Waals surface area contributed by atoms with Gasteiger partial charge in [-0.15, -0.1) is 0 Å². The van der Waals surface area contributed by atoms with Gasteiger partial charge in [-0.2, -0.15) is 0 Å². The second kappa shape index (κ2) is 13.8. The van der Waals surface area contributed by atoms with Crippen molar-refractivity contribution in [2.24, 2.45) is 11.8 Å². The lowest BCUT2D eigenvalue weighted by Crippen LogP contribution is -2.49. The van der Waals surface area contributed by atoms with Crippen LogP contribution < -0.4 is 5.32 Å². The topological polar surface area (TPSA) is 66.5 Å². The third-order valence-electron chi connectivity index (χ3n) is 5.44. The van der Waals surface area contributed by atoms with Crippen molar-refractivity contribution in [3.05, 3.63) is 71.8 Å². The standard InChI is InChI=1S/C27H36N2O3S/c1-20(2)17-25(27(32)29(4)18-23-13-9-6-10-14-23)28-26(31)24(19-33-21(3)30)16-15-22-11-7-5-8-12-22/h5-14,20,24-25H,15-19H2,1-4H3,(H,28,31). The van der Waals surface area contributed by atoms with Crippen LogP contribution in [0, 0.1) is 11.8 Å². The van der Waals surface area contributed by atoms with Crippen LogP contribution in [0.4, 0.5) is 0 Å². The van der Waals surface area contributed by atoms with Crippen molar-refractivity contribution in [2.45, 2.75) is 52.6 Å². The predicted molar refractivity (Wildman–Crippen MR) is 136 cm³/mol. The number of thioether (sulfide) groups is 1. The maximum atomic E-state index is 13.2. The predicted octanol–water partition coefficient (Wildman–Crippen LogP) is 4.70. The van der Waals surface area contributed by atoms with E-state index in [0.717, 1.165) is 17.5 Å². The van der Waals surface area contributed by atoms with Gasteiger partial charge in [0.2, 0.25) is 11.8 Å². The highest BCUT2D eigenvalue weighted by Crippen LogP contribution is 2.18. The average Bonchev–Trinajstić information content (AvgIpc) is 2.79. The molecule has 0 bridgehead atoms. The van der Waals surface area contributed by atoms with Crippen LogP contribution in [0.15, 0.2) is 60.7 Å². The minimum absolute atomic E-state index is 0.00934. The van der Waals surface area contributed by atoms with Gasteiger partial charge in [-0.3, -0.25) is 14.4 Å². The summed E-state index contributed by atoms with van der Waals surface area (Å²) >= 11 is 1.17. The first-order valence-electron chi connectivity index (χ1n) is 11.5. The van der Waals surface area contributed by atoms with Crippen molar-refractivity contribution in [1.82, 2.24) is 10.2 Å². The first-order valence-corrected chi connectivity index (χ1v) is 12.5. The molecule has 0 spiro atoms. The van der Waals surface area contributed by atoms with Crippen LogP contribution in [0.2, 0.25) is 0 Å². The number of carbonyl (C=O) groups excluding carboxylic acids is 3. The van der Waals surface area contributed by atoms with E-state index in [0.29, 0.717) is 25.1 Å². The van der Waals surface area contributed by atoms with E-state index in [4.69, 9.17) is 0 Å². The van der Waals surface area contributed by atoms with E-state index in [1.165, 1.54) is 18.7 Å². The van der Waals surface area contributed by atoms with Gasteiger partial charge in [-0.25, -0.2) is 0 Å². The van der Waals surface area contributed by atoms with Crippen molar-refractivity contribution in [3.8, 4) is 0 Å². The molecule has 0 aromatic heterocycles. The molecule has 0 saturated heterocycles. The third-order valence-corrected chi connectivity index (χ3v) is 6.42. The lowest BCUT2D eigenvalue weighted by molar-refractivity contribution is -0.137. The number of rotatable bonds is 12. The van der Waals surface area contributed by atoms with E-state index < -0.39 is 6.04 Å². The van der Waals surface area contributed by atoms with Crippen LogP contribution >= 0.6 is 11.8 Å². The zero-order valence-electron chi connectivity index (χ0n) is 20.1. The van der Waals surface area contributed by atoms with E-state index in [2.05, 4.69) is 5.32 Å². The van der Waals surface area contributed by atoms with Crippen LogP contribution in [0.25, 0.3) is 0 Å². The summed E-state index contributed by atoms with van der Waals surface area (Å²) in [5.41, 5.74) is 2.20. The minimum atomic E-state index is -0.590. The first-order chi connectivity index (χ1) is 15.8. The number of benzene rings is 2. The molecular formula is C27H36N2O3S. The zero-order valence-corrected chi connectivity index (χ0v) is 20.9. The number of amides is 2. The fourth-order valence-corrected chi connectivity index (χ4v) is 4.43. The molecule has 5 nitrogen and oxygen atoms in total. The van der Waals surface area contributed by atoms with Crippen molar-refractivity contribution in [1.29, 1.82) is 0 Å². The monoisotopic (exact) mass is 468 g/mol. The highest BCUT2D eigenvalue weighted by molar-refractivity contribution is 8.13. The van der Waals surface area contributed by atoms with E-state index in [-0.39, 0.29) is 28.8 Å². The van der Waals surface area contributed by atoms with Crippen LogP contribution in [0.3, 0.4) is 0 Å². The minimum Gasteiger partial charge on any atom is -0.344 e. The number of likely N-dealkylation sites (N-methyl/N-ethyl adjacent to an activating group) is 1. The molecule has 0 aliphatic carbocycles. The number of nitrogens with one attached hydrogen (secondary N) is 1. The van der Waals surface area contributed by atoms with Crippen molar-refractivity contribution in [2.75, 3.05) is 12.8 Å². The molecule has 0 aliphatic heterocycles. The number of hydrogen-bond acceptors (Lipinski definition) is 4. The molecule has 0 aliphatic rings. The maximum Gasteiger partial charge on any atom is 0.245 e. The molecule has 6 heteroatoms. The molecule has 0 heterocycles. The second-order valence-corrected chi connectivity index (χ2v) is 10.1. The molecule has 0 fully saturated rings. The molecule has 178 valence electrons. The summed E-state index contributed by atoms with van der Waals surface area (Å²) in [6.45, 7) is 6.09. The summed E-state index contributed by atoms with van der Waals surface area (Å²) < 4.78 is 0. The first kappa shape index (κ1) is 26.7. The Bertz CT molecular complexity index is 887. The van der Waals surface area contributed by atoms with Gasteiger partial charge in [-0.05, 0) is 36.3 Å². The van der Waals surface area contributed by atoms with Crippen LogP contribution in [-0.4, -0.2) is 40.7 Å². The summed E-state index contributed by atoms with van der Waals surface area (Å²) in [6.07, 6.45) is 1.93. The van der Waals surface area contributed by atoms with Crippen molar-refractivity contribution >= 4 is 28.7 Å². The Hall–Kier alpha value is -2.60. The molecular weight excluding hydrogens is 432 g/mol. The fraction of sp³-hybridized carbons (Fsp3) is 0.444. The third kappa shape index (κ3) is 9.82. The molecule has 2 amide bonds. The summed E-state index contributed by atoms with van der Waals surface area (Å²) in [4.78, 5) is 39.7. The molecule has 2 atom stereocenters. The van der Waals surface area contributed by atoms with Gasteiger partial charge in [0.1, 0.15) is 6.04 Å².